The third-order valence-electron chi connectivity index (χ3n) is 3.42. The van der Waals surface area contributed by atoms with E-state index in [-0.39, 0.29) is 5.41 Å². The summed E-state index contributed by atoms with van der Waals surface area (Å²) in [5.41, 5.74) is 2.98. The molecule has 3 nitrogen and oxygen atoms in total. The number of pyridine rings is 2. The molecular weight excluding hydrogens is 258 g/mol. The molecule has 0 aliphatic carbocycles. The van der Waals surface area contributed by atoms with Crippen molar-refractivity contribution in [1.82, 2.24) is 15.3 Å². The van der Waals surface area contributed by atoms with E-state index in [9.17, 15) is 0 Å². The highest BCUT2D eigenvalue weighted by atomic mass is 14.9. The standard InChI is InChI=1S/C18H17N3/c1-18(8-5-15-6-11-19-12-7-15)9-13-21-17(14-18)16-4-2-3-10-20-16/h2-14,21H,1H3. The van der Waals surface area contributed by atoms with Crippen LogP contribution in [0.3, 0.4) is 0 Å². The summed E-state index contributed by atoms with van der Waals surface area (Å²) >= 11 is 0. The Balaban J connectivity index is 1.87. The van der Waals surface area contributed by atoms with Crippen molar-refractivity contribution in [3.8, 4) is 0 Å². The maximum atomic E-state index is 4.39. The van der Waals surface area contributed by atoms with E-state index in [2.05, 4.69) is 46.5 Å². The largest absolute Gasteiger partial charge is 0.360 e. The van der Waals surface area contributed by atoms with Crippen molar-refractivity contribution in [1.29, 1.82) is 0 Å². The Hall–Kier alpha value is -2.68. The molecule has 21 heavy (non-hydrogen) atoms. The summed E-state index contributed by atoms with van der Waals surface area (Å²) in [6.07, 6.45) is 16.0. The summed E-state index contributed by atoms with van der Waals surface area (Å²) in [6, 6.07) is 9.91. The average molecular weight is 275 g/mol. The van der Waals surface area contributed by atoms with Crippen LogP contribution in [0.2, 0.25) is 0 Å². The van der Waals surface area contributed by atoms with Crippen molar-refractivity contribution in [2.75, 3.05) is 0 Å². The number of allylic oxidation sites excluding steroid dienone is 3. The van der Waals surface area contributed by atoms with Gasteiger partial charge in [-0.25, -0.2) is 0 Å². The number of hydrogen-bond acceptors (Lipinski definition) is 3. The molecule has 3 heteroatoms. The van der Waals surface area contributed by atoms with Gasteiger partial charge in [-0.15, -0.1) is 0 Å². The van der Waals surface area contributed by atoms with Gasteiger partial charge in [0.25, 0.3) is 0 Å². The second-order valence-electron chi connectivity index (χ2n) is 5.23. The van der Waals surface area contributed by atoms with E-state index in [1.54, 1.807) is 18.6 Å². The Bertz CT molecular complexity index is 687. The third-order valence-corrected chi connectivity index (χ3v) is 3.42. The molecular formula is C18H17N3. The number of aromatic nitrogens is 2. The van der Waals surface area contributed by atoms with Crippen LogP contribution in [0.1, 0.15) is 18.2 Å². The van der Waals surface area contributed by atoms with Gasteiger partial charge >= 0.3 is 0 Å². The lowest BCUT2D eigenvalue weighted by atomic mass is 9.86. The molecule has 0 saturated heterocycles. The van der Waals surface area contributed by atoms with Gasteiger partial charge in [-0.3, -0.25) is 9.97 Å². The Kier molecular flexibility index (Phi) is 3.65. The van der Waals surface area contributed by atoms with Crippen molar-refractivity contribution in [3.63, 3.8) is 0 Å². The summed E-state index contributed by atoms with van der Waals surface area (Å²) in [5.74, 6) is 0. The fraction of sp³-hybridized carbons (Fsp3) is 0.111. The predicted molar refractivity (Wildman–Crippen MR) is 85.9 cm³/mol. The first-order valence-corrected chi connectivity index (χ1v) is 6.93. The topological polar surface area (TPSA) is 37.8 Å². The molecule has 0 fully saturated rings. The van der Waals surface area contributed by atoms with Crippen LogP contribution in [0, 0.1) is 5.41 Å². The molecule has 3 heterocycles. The summed E-state index contributed by atoms with van der Waals surface area (Å²) in [5, 5.41) is 3.26. The molecule has 0 spiro atoms. The molecule has 0 radical (unpaired) electrons. The Labute approximate surface area is 124 Å². The monoisotopic (exact) mass is 275 g/mol. The number of rotatable bonds is 3. The molecule has 0 aromatic carbocycles. The minimum absolute atomic E-state index is 0.138. The van der Waals surface area contributed by atoms with E-state index in [4.69, 9.17) is 0 Å². The van der Waals surface area contributed by atoms with Crippen molar-refractivity contribution in [3.05, 3.63) is 84.6 Å². The third kappa shape index (κ3) is 3.26. The van der Waals surface area contributed by atoms with Gasteiger partial charge in [0.15, 0.2) is 0 Å². The van der Waals surface area contributed by atoms with Gasteiger partial charge in [0.1, 0.15) is 0 Å². The molecule has 0 saturated carbocycles. The molecule has 104 valence electrons. The quantitative estimate of drug-likeness (QED) is 0.929. The number of dihydropyridines is 1. The lowest BCUT2D eigenvalue weighted by Gasteiger charge is -2.24. The normalized spacial score (nSPS) is 21.1. The van der Waals surface area contributed by atoms with Crippen LogP contribution >= 0.6 is 0 Å². The summed E-state index contributed by atoms with van der Waals surface area (Å²) in [6.45, 7) is 2.17. The first-order valence-electron chi connectivity index (χ1n) is 6.93. The van der Waals surface area contributed by atoms with Gasteiger partial charge in [-0.2, -0.15) is 0 Å². The second-order valence-corrected chi connectivity index (χ2v) is 5.23. The van der Waals surface area contributed by atoms with Crippen molar-refractivity contribution < 1.29 is 0 Å². The van der Waals surface area contributed by atoms with Crippen molar-refractivity contribution in [2.24, 2.45) is 5.41 Å². The molecule has 0 bridgehead atoms. The van der Waals surface area contributed by atoms with E-state index < -0.39 is 0 Å². The molecule has 1 N–H and O–H groups in total. The minimum Gasteiger partial charge on any atom is -0.360 e. The summed E-state index contributed by atoms with van der Waals surface area (Å²) < 4.78 is 0. The molecule has 1 unspecified atom stereocenters. The molecule has 1 aliphatic heterocycles. The van der Waals surface area contributed by atoms with Crippen LogP contribution in [0.5, 0.6) is 0 Å². The Morgan fingerprint density at radius 3 is 2.71 bits per heavy atom. The lowest BCUT2D eigenvalue weighted by molar-refractivity contribution is 0.702. The van der Waals surface area contributed by atoms with Crippen molar-refractivity contribution >= 4 is 11.8 Å². The highest BCUT2D eigenvalue weighted by molar-refractivity contribution is 5.65. The first kappa shape index (κ1) is 13.3. The fourth-order valence-corrected chi connectivity index (χ4v) is 2.24. The Morgan fingerprint density at radius 2 is 1.95 bits per heavy atom. The number of nitrogens with one attached hydrogen (secondary N) is 1. The van der Waals surface area contributed by atoms with E-state index in [0.717, 1.165) is 17.0 Å². The highest BCUT2D eigenvalue weighted by Crippen LogP contribution is 2.29. The van der Waals surface area contributed by atoms with Gasteiger partial charge in [-0.05, 0) is 49.0 Å². The molecule has 0 amide bonds. The highest BCUT2D eigenvalue weighted by Gasteiger charge is 2.19. The smallest absolute Gasteiger partial charge is 0.0861 e. The number of hydrogen-bond donors (Lipinski definition) is 1. The first-order chi connectivity index (χ1) is 10.3. The van der Waals surface area contributed by atoms with Crippen LogP contribution in [-0.4, -0.2) is 9.97 Å². The molecule has 1 aliphatic rings. The van der Waals surface area contributed by atoms with Gasteiger partial charge in [0.05, 0.1) is 11.4 Å². The zero-order chi connectivity index (χ0) is 14.5. The minimum atomic E-state index is -0.138. The van der Waals surface area contributed by atoms with Crippen LogP contribution in [0.4, 0.5) is 0 Å². The second kappa shape index (κ2) is 5.75. The molecule has 1 atom stereocenters. The zero-order valence-corrected chi connectivity index (χ0v) is 11.9. The summed E-state index contributed by atoms with van der Waals surface area (Å²) in [7, 11) is 0. The molecule has 2 aromatic rings. The van der Waals surface area contributed by atoms with Crippen LogP contribution in [-0.2, 0) is 0 Å². The predicted octanol–water partition coefficient (Wildman–Crippen LogP) is 3.65. The molecule has 3 rings (SSSR count). The Morgan fingerprint density at radius 1 is 1.10 bits per heavy atom. The summed E-state index contributed by atoms with van der Waals surface area (Å²) in [4.78, 5) is 8.42. The number of nitrogens with zero attached hydrogens (tertiary/aromatic N) is 2. The van der Waals surface area contributed by atoms with Gasteiger partial charge in [0, 0.05) is 24.0 Å². The lowest BCUT2D eigenvalue weighted by Crippen LogP contribution is -2.18. The van der Waals surface area contributed by atoms with Crippen LogP contribution in [0.25, 0.3) is 11.8 Å². The maximum Gasteiger partial charge on any atom is 0.0861 e. The maximum absolute atomic E-state index is 4.39. The van der Waals surface area contributed by atoms with Gasteiger partial charge in [0.2, 0.25) is 0 Å². The van der Waals surface area contributed by atoms with E-state index in [1.807, 2.05) is 36.5 Å². The van der Waals surface area contributed by atoms with E-state index in [1.165, 1.54) is 0 Å². The zero-order valence-electron chi connectivity index (χ0n) is 11.9. The van der Waals surface area contributed by atoms with Gasteiger partial charge < -0.3 is 5.32 Å². The van der Waals surface area contributed by atoms with Crippen LogP contribution in [0.15, 0.2) is 73.4 Å². The average Bonchev–Trinajstić information content (AvgIpc) is 2.55. The van der Waals surface area contributed by atoms with E-state index >= 15 is 0 Å². The van der Waals surface area contributed by atoms with Crippen molar-refractivity contribution in [2.45, 2.75) is 6.92 Å². The van der Waals surface area contributed by atoms with Crippen LogP contribution < -0.4 is 5.32 Å². The molecule has 2 aromatic heterocycles. The van der Waals surface area contributed by atoms with Gasteiger partial charge in [-0.1, -0.05) is 24.3 Å². The SMILES string of the molecule is CC1(C=Cc2ccncc2)C=CNC(c2ccccn2)=C1. The van der Waals surface area contributed by atoms with E-state index in [0.29, 0.717) is 0 Å². The fourth-order valence-electron chi connectivity index (χ4n) is 2.24.